The van der Waals surface area contributed by atoms with Crippen molar-refractivity contribution in [2.24, 2.45) is 14.1 Å². The third kappa shape index (κ3) is 15.1. The number of hydrogen-bond donors (Lipinski definition) is 2. The standard InChI is InChI=1S/2C22H23N5O2.C21H22N6O.C20H20N6O/c1-14-10-16-11-19(29-22(16)15(2)23-14)18-12-21(28)27-13-17(4-5-20(27)24-18)26-8-6-25(3)7-9-26;1-13-8-16-9-19(29-22(16)15(3)24-13)18-10-21(28)27-12-17(4-5-20(27)25-18)26-7-6-23-14(2)11-26;1-24-7-9-26(10-8-24)17-4-6-20-23-18(12-21(28)27(20)14-17)15-3-5-19-16(11-15)13-22-25(19)2;1-24-18-4-2-14(10-15(18)12-22-24)17-11-20(27)26-13-16(3-5-19(26)23-17)25-8-6-21-7-9-25/h4-5,10-13H,6-9H2,1-3H3;4-5,8-10,12,14,23H,6-7,11H2,1-3H3;3-6,11-14H,7-10H2,1-2H3;2-5,10-13,21H,6-9H2,1H3/t;14-;;/m.0../s1. The van der Waals surface area contributed by atoms with Crippen LogP contribution in [0.4, 0.5) is 22.7 Å². The van der Waals surface area contributed by atoms with Gasteiger partial charge < -0.3 is 48.9 Å². The highest BCUT2D eigenvalue weighted by molar-refractivity contribution is 5.87. The van der Waals surface area contributed by atoms with Crippen molar-refractivity contribution in [3.8, 4) is 45.4 Å². The third-order valence-electron chi connectivity index (χ3n) is 21.7. The summed E-state index contributed by atoms with van der Waals surface area (Å²) in [5.74, 6) is 1.16. The number of piperazine rings is 4. The van der Waals surface area contributed by atoms with E-state index >= 15 is 0 Å². The Morgan fingerprint density at radius 1 is 0.372 bits per heavy atom. The first-order valence-corrected chi connectivity index (χ1v) is 38.3. The Labute approximate surface area is 649 Å². The summed E-state index contributed by atoms with van der Waals surface area (Å²) < 4.78 is 22.1. The van der Waals surface area contributed by atoms with Crippen LogP contribution in [0.1, 0.15) is 29.7 Å². The lowest BCUT2D eigenvalue weighted by atomic mass is 10.1. The predicted molar refractivity (Wildman–Crippen MR) is 444 cm³/mol. The molecular weight excluding hydrogens is 1430 g/mol. The van der Waals surface area contributed by atoms with Crippen molar-refractivity contribution in [3.63, 3.8) is 0 Å². The Bertz CT molecular complexity index is 6590. The first-order chi connectivity index (χ1) is 54.7. The molecule has 0 saturated carbocycles. The minimum atomic E-state index is -0.124. The van der Waals surface area contributed by atoms with Crippen LogP contribution in [0.25, 0.3) is 112 Å². The number of furan rings is 2. The molecule has 4 fully saturated rings. The normalized spacial score (nSPS) is 15.8. The second-order valence-electron chi connectivity index (χ2n) is 29.8. The Kier molecular flexibility index (Phi) is 19.7. The summed E-state index contributed by atoms with van der Waals surface area (Å²) in [4.78, 5) is 92.7. The quantitative estimate of drug-likeness (QED) is 0.143. The van der Waals surface area contributed by atoms with Crippen LogP contribution in [-0.2, 0) is 14.1 Å². The second-order valence-corrected chi connectivity index (χ2v) is 29.8. The molecule has 16 aromatic rings. The largest absolute Gasteiger partial charge is 0.453 e. The summed E-state index contributed by atoms with van der Waals surface area (Å²) in [6, 6.07) is 42.4. The average molecular weight is 1510 g/mol. The molecule has 1 atom stereocenters. The van der Waals surface area contributed by atoms with Crippen molar-refractivity contribution in [2.75, 3.05) is 132 Å². The van der Waals surface area contributed by atoms with Gasteiger partial charge in [0.15, 0.2) is 22.7 Å². The Balaban J connectivity index is 0.000000109. The van der Waals surface area contributed by atoms with E-state index in [0.29, 0.717) is 62.9 Å². The van der Waals surface area contributed by atoms with E-state index in [0.717, 1.165) is 199 Å². The number of nitrogens with one attached hydrogen (secondary N) is 2. The van der Waals surface area contributed by atoms with Gasteiger partial charge in [0.05, 0.1) is 69.0 Å². The van der Waals surface area contributed by atoms with Gasteiger partial charge in [-0.2, -0.15) is 10.2 Å². The lowest BCUT2D eigenvalue weighted by Gasteiger charge is -2.34. The summed E-state index contributed by atoms with van der Waals surface area (Å²) in [6.45, 7) is 24.4. The van der Waals surface area contributed by atoms with Gasteiger partial charge in [0.1, 0.15) is 34.0 Å². The fourth-order valence-corrected chi connectivity index (χ4v) is 15.5. The summed E-state index contributed by atoms with van der Waals surface area (Å²) in [5.41, 5.74) is 17.7. The average Bonchev–Trinajstić information content (AvgIpc) is 1.76. The molecule has 0 aliphatic carbocycles. The SMILES string of the molecule is CN1CCN(c2ccc3nc(-c4ccc5c(cnn5C)c4)cc(=O)n3c2)CC1.Cc1cc2cc(-c3cc(=O)n4cc(N5CCN(C)CC5)ccc4n3)oc2c(C)n1.Cc1cc2cc(-c3cc(=O)n4cc(N5CCN[C@@H](C)C5)ccc4n3)oc2c(C)n1.Cn1ncc2cc(-c3cc(=O)n4cc(N5CCNCC5)ccc4n3)ccc21. The zero-order chi connectivity index (χ0) is 77.9. The number of pyridine rings is 6. The first-order valence-electron chi connectivity index (χ1n) is 38.3. The monoisotopic (exact) mass is 1510 g/mol. The minimum Gasteiger partial charge on any atom is -0.453 e. The lowest BCUT2D eigenvalue weighted by Crippen LogP contribution is -2.49. The fraction of sp³-hybridized carbons (Fsp3) is 0.294. The number of hydrogen-bond acceptors (Lipinski definition) is 22. The number of aromatic nitrogens is 14. The van der Waals surface area contributed by atoms with Crippen LogP contribution >= 0.6 is 0 Å². The number of benzene rings is 2. The molecule has 0 radical (unpaired) electrons. The number of fused-ring (bicyclic) bond motifs is 8. The highest BCUT2D eigenvalue weighted by Gasteiger charge is 2.23. The Morgan fingerprint density at radius 3 is 1.13 bits per heavy atom. The van der Waals surface area contributed by atoms with Crippen LogP contribution in [-0.4, -0.2) is 195 Å². The van der Waals surface area contributed by atoms with Crippen molar-refractivity contribution in [2.45, 2.75) is 40.7 Å². The van der Waals surface area contributed by atoms with Crippen LogP contribution in [0.15, 0.2) is 199 Å². The number of aryl methyl sites for hydroxylation is 6. The van der Waals surface area contributed by atoms with Crippen molar-refractivity contribution < 1.29 is 8.83 Å². The van der Waals surface area contributed by atoms with Gasteiger partial charge in [-0.15, -0.1) is 0 Å². The second kappa shape index (κ2) is 30.5. The molecule has 20 rings (SSSR count). The third-order valence-corrected chi connectivity index (χ3v) is 21.7. The number of nitrogens with zero attached hydrogens (tertiary/aromatic N) is 20. The van der Waals surface area contributed by atoms with Crippen LogP contribution in [0.2, 0.25) is 0 Å². The van der Waals surface area contributed by atoms with Gasteiger partial charge in [-0.3, -0.25) is 56.1 Å². The van der Waals surface area contributed by atoms with E-state index in [-0.39, 0.29) is 22.2 Å². The van der Waals surface area contributed by atoms with Crippen LogP contribution < -0.4 is 52.5 Å². The molecule has 4 aliphatic heterocycles. The van der Waals surface area contributed by atoms with Crippen molar-refractivity contribution in [1.29, 1.82) is 0 Å². The molecule has 28 heteroatoms. The molecule has 28 nitrogen and oxygen atoms in total. The zero-order valence-electron chi connectivity index (χ0n) is 64.7. The van der Waals surface area contributed by atoms with Gasteiger partial charge in [-0.05, 0) is 146 Å². The maximum absolute atomic E-state index is 12.8. The molecular formula is C85H88N22O6. The molecule has 113 heavy (non-hydrogen) atoms. The molecule has 574 valence electrons. The van der Waals surface area contributed by atoms with Crippen LogP contribution in [0, 0.1) is 27.7 Å². The number of likely N-dealkylation sites (N-methyl/N-ethyl adjacent to an activating group) is 2. The van der Waals surface area contributed by atoms with Crippen molar-refractivity contribution in [1.82, 2.24) is 87.5 Å². The van der Waals surface area contributed by atoms with E-state index in [2.05, 4.69) is 97.3 Å². The number of anilines is 4. The topological polar surface area (TPSA) is 269 Å². The van der Waals surface area contributed by atoms with Crippen LogP contribution in [0.5, 0.6) is 0 Å². The van der Waals surface area contributed by atoms with E-state index in [1.807, 2.05) is 191 Å². The predicted octanol–water partition coefficient (Wildman–Crippen LogP) is 9.45. The molecule has 18 heterocycles. The fourth-order valence-electron chi connectivity index (χ4n) is 15.5. The highest BCUT2D eigenvalue weighted by Crippen LogP contribution is 2.33. The number of rotatable bonds is 8. The van der Waals surface area contributed by atoms with Gasteiger partial charge >= 0.3 is 0 Å². The summed E-state index contributed by atoms with van der Waals surface area (Å²) in [5, 5.41) is 19.3. The van der Waals surface area contributed by atoms with E-state index in [1.54, 1.807) is 29.7 Å². The van der Waals surface area contributed by atoms with Gasteiger partial charge in [0.2, 0.25) is 0 Å². The molecule has 4 aliphatic rings. The molecule has 0 spiro atoms. The molecule has 2 N–H and O–H groups in total. The molecule has 2 aromatic carbocycles. The zero-order valence-corrected chi connectivity index (χ0v) is 64.7. The molecule has 0 amide bonds. The Hall–Kier alpha value is -12.8. The van der Waals surface area contributed by atoms with E-state index in [1.165, 1.54) is 12.1 Å². The summed E-state index contributed by atoms with van der Waals surface area (Å²) >= 11 is 0. The lowest BCUT2D eigenvalue weighted by molar-refractivity contribution is 0.313. The Morgan fingerprint density at radius 2 is 0.735 bits per heavy atom. The molecule has 0 unspecified atom stereocenters. The maximum atomic E-state index is 12.8. The van der Waals surface area contributed by atoms with Crippen LogP contribution in [0.3, 0.4) is 0 Å². The first kappa shape index (κ1) is 73.1. The van der Waals surface area contributed by atoms with E-state index < -0.39 is 0 Å². The molecule has 0 bridgehead atoms. The van der Waals surface area contributed by atoms with E-state index in [4.69, 9.17) is 18.8 Å². The molecule has 14 aromatic heterocycles. The maximum Gasteiger partial charge on any atom is 0.258 e. The van der Waals surface area contributed by atoms with Gasteiger partial charge in [-0.1, -0.05) is 12.1 Å². The van der Waals surface area contributed by atoms with Crippen molar-refractivity contribution >= 4 is 89.1 Å². The highest BCUT2D eigenvalue weighted by atomic mass is 16.3. The van der Waals surface area contributed by atoms with Gasteiger partial charge in [-0.25, -0.2) is 19.9 Å². The van der Waals surface area contributed by atoms with Crippen molar-refractivity contribution in [3.05, 3.63) is 235 Å². The smallest absolute Gasteiger partial charge is 0.258 e. The van der Waals surface area contributed by atoms with Gasteiger partial charge in [0.25, 0.3) is 22.2 Å². The van der Waals surface area contributed by atoms with E-state index in [9.17, 15) is 19.2 Å². The van der Waals surface area contributed by atoms with Gasteiger partial charge in [0, 0.05) is 211 Å². The summed E-state index contributed by atoms with van der Waals surface area (Å²) in [6.07, 6.45) is 11.2. The molecule has 4 saturated heterocycles. The summed E-state index contributed by atoms with van der Waals surface area (Å²) in [7, 11) is 8.10. The minimum absolute atomic E-state index is 0.0674.